The molecule has 132 valence electrons. The predicted octanol–water partition coefficient (Wildman–Crippen LogP) is 4.34. The first-order valence-electron chi connectivity index (χ1n) is 8.54. The second-order valence-corrected chi connectivity index (χ2v) is 7.29. The first-order valence-corrected chi connectivity index (χ1v) is 8.54. The number of rotatable bonds is 3. The topological polar surface area (TPSA) is 47.6 Å². The summed E-state index contributed by atoms with van der Waals surface area (Å²) in [7, 11) is 1.63. The Morgan fingerprint density at radius 1 is 1.16 bits per heavy atom. The van der Waals surface area contributed by atoms with Gasteiger partial charge in [0.2, 0.25) is 0 Å². The van der Waals surface area contributed by atoms with Gasteiger partial charge in [-0.15, -0.1) is 0 Å². The summed E-state index contributed by atoms with van der Waals surface area (Å²) in [5, 5.41) is 3.17. The van der Waals surface area contributed by atoms with E-state index in [1.54, 1.807) is 7.11 Å². The lowest BCUT2D eigenvalue weighted by atomic mass is 9.89. The number of methoxy groups -OCH3 is 1. The van der Waals surface area contributed by atoms with Crippen LogP contribution in [0.15, 0.2) is 36.4 Å². The number of amides is 1. The van der Waals surface area contributed by atoms with Gasteiger partial charge >= 0.3 is 0 Å². The fourth-order valence-corrected chi connectivity index (χ4v) is 3.21. The molecule has 2 aromatic carbocycles. The van der Waals surface area contributed by atoms with Crippen LogP contribution in [0.25, 0.3) is 0 Å². The van der Waals surface area contributed by atoms with E-state index >= 15 is 0 Å². The van der Waals surface area contributed by atoms with Crippen LogP contribution in [0.3, 0.4) is 0 Å². The highest BCUT2D eigenvalue weighted by Crippen LogP contribution is 2.41. The lowest BCUT2D eigenvalue weighted by Gasteiger charge is -2.38. The van der Waals surface area contributed by atoms with Gasteiger partial charge in [-0.05, 0) is 63.1 Å². The largest absolute Gasteiger partial charge is 0.497 e. The molecule has 1 aliphatic rings. The van der Waals surface area contributed by atoms with E-state index in [9.17, 15) is 4.79 Å². The molecule has 4 heteroatoms. The zero-order chi connectivity index (χ0) is 18.2. The van der Waals surface area contributed by atoms with Crippen molar-refractivity contribution in [3.8, 4) is 11.5 Å². The number of hydrogen-bond donors (Lipinski definition) is 1. The zero-order valence-corrected chi connectivity index (χ0v) is 15.5. The van der Waals surface area contributed by atoms with Crippen LogP contribution in [-0.2, 0) is 0 Å². The minimum atomic E-state index is -0.361. The molecule has 0 unspecified atom stereocenters. The van der Waals surface area contributed by atoms with E-state index in [-0.39, 0.29) is 17.6 Å². The summed E-state index contributed by atoms with van der Waals surface area (Å²) in [5.74, 6) is 1.45. The lowest BCUT2D eigenvalue weighted by molar-refractivity contribution is 0.0617. The number of benzene rings is 2. The molecule has 0 fully saturated rings. The van der Waals surface area contributed by atoms with Crippen molar-refractivity contribution in [1.29, 1.82) is 0 Å². The molecule has 0 saturated heterocycles. The summed E-state index contributed by atoms with van der Waals surface area (Å²) < 4.78 is 11.4. The third kappa shape index (κ3) is 3.63. The predicted molar refractivity (Wildman–Crippen MR) is 98.4 cm³/mol. The summed E-state index contributed by atoms with van der Waals surface area (Å²) in [5.41, 5.74) is 3.60. The van der Waals surface area contributed by atoms with Crippen LogP contribution in [0.1, 0.15) is 53.4 Å². The first-order chi connectivity index (χ1) is 11.8. The Morgan fingerprint density at radius 2 is 1.92 bits per heavy atom. The average molecular weight is 339 g/mol. The molecular formula is C21H25NO3. The van der Waals surface area contributed by atoms with Crippen molar-refractivity contribution < 1.29 is 14.3 Å². The van der Waals surface area contributed by atoms with Gasteiger partial charge in [0.1, 0.15) is 17.1 Å². The Bertz CT molecular complexity index is 811. The van der Waals surface area contributed by atoms with Crippen molar-refractivity contribution in [2.24, 2.45) is 0 Å². The van der Waals surface area contributed by atoms with Gasteiger partial charge in [-0.3, -0.25) is 4.79 Å². The molecule has 1 amide bonds. The fraction of sp³-hybridized carbons (Fsp3) is 0.381. The number of nitrogens with one attached hydrogen (secondary N) is 1. The fourth-order valence-electron chi connectivity index (χ4n) is 3.21. The Balaban J connectivity index is 1.89. The molecule has 0 aliphatic carbocycles. The number of carbonyl (C=O) groups is 1. The number of carbonyl (C=O) groups excluding carboxylic acids is 1. The highest BCUT2D eigenvalue weighted by atomic mass is 16.5. The van der Waals surface area contributed by atoms with Crippen LogP contribution in [0.4, 0.5) is 0 Å². The van der Waals surface area contributed by atoms with Crippen molar-refractivity contribution in [3.63, 3.8) is 0 Å². The van der Waals surface area contributed by atoms with E-state index in [1.807, 2.05) is 64.1 Å². The molecule has 0 spiro atoms. The van der Waals surface area contributed by atoms with Crippen molar-refractivity contribution in [2.45, 2.75) is 45.8 Å². The minimum Gasteiger partial charge on any atom is -0.497 e. The van der Waals surface area contributed by atoms with Gasteiger partial charge in [0.15, 0.2) is 0 Å². The molecule has 1 N–H and O–H groups in total. The summed E-state index contributed by atoms with van der Waals surface area (Å²) in [4.78, 5) is 12.7. The van der Waals surface area contributed by atoms with Crippen LogP contribution < -0.4 is 14.8 Å². The second kappa shape index (κ2) is 6.43. The summed E-state index contributed by atoms with van der Waals surface area (Å²) >= 11 is 0. The summed E-state index contributed by atoms with van der Waals surface area (Å²) in [6.45, 7) is 8.13. The molecule has 2 aromatic rings. The second-order valence-electron chi connectivity index (χ2n) is 7.29. The smallest absolute Gasteiger partial charge is 0.251 e. The maximum absolute atomic E-state index is 12.7. The Morgan fingerprint density at radius 3 is 2.60 bits per heavy atom. The van der Waals surface area contributed by atoms with Crippen LogP contribution in [-0.4, -0.2) is 18.6 Å². The summed E-state index contributed by atoms with van der Waals surface area (Å²) in [6.07, 6.45) is 0.711. The molecule has 1 atom stereocenters. The molecule has 0 radical (unpaired) electrons. The number of ether oxygens (including phenoxy) is 2. The van der Waals surface area contributed by atoms with E-state index in [1.165, 1.54) is 5.56 Å². The van der Waals surface area contributed by atoms with Gasteiger partial charge in [-0.2, -0.15) is 0 Å². The molecule has 3 rings (SSSR count). The molecule has 0 aromatic heterocycles. The molecule has 1 aliphatic heterocycles. The normalized spacial score (nSPS) is 18.0. The monoisotopic (exact) mass is 339 g/mol. The quantitative estimate of drug-likeness (QED) is 0.904. The number of fused-ring (bicyclic) bond motifs is 1. The van der Waals surface area contributed by atoms with Crippen LogP contribution >= 0.6 is 0 Å². The van der Waals surface area contributed by atoms with E-state index < -0.39 is 0 Å². The van der Waals surface area contributed by atoms with Crippen LogP contribution in [0, 0.1) is 13.8 Å². The standard InChI is InChI=1S/C21H25NO3/c1-13-6-7-15(10-14(13)2)20(23)22-18-12-21(3,4)25-19-11-16(24-5)8-9-17(18)19/h6-11,18H,12H2,1-5H3,(H,22,23)/t18-/m1/s1. The summed E-state index contributed by atoms with van der Waals surface area (Å²) in [6, 6.07) is 11.4. The number of aryl methyl sites for hydroxylation is 2. The van der Waals surface area contributed by atoms with Gasteiger partial charge < -0.3 is 14.8 Å². The molecule has 25 heavy (non-hydrogen) atoms. The maximum atomic E-state index is 12.7. The Hall–Kier alpha value is -2.49. The molecule has 4 nitrogen and oxygen atoms in total. The molecular weight excluding hydrogens is 314 g/mol. The van der Waals surface area contributed by atoms with Gasteiger partial charge in [-0.1, -0.05) is 6.07 Å². The Kier molecular flexibility index (Phi) is 4.46. The van der Waals surface area contributed by atoms with E-state index in [0.717, 1.165) is 22.6 Å². The first kappa shape index (κ1) is 17.3. The molecule has 1 heterocycles. The van der Waals surface area contributed by atoms with Crippen molar-refractivity contribution in [3.05, 3.63) is 58.7 Å². The third-order valence-corrected chi connectivity index (χ3v) is 4.75. The van der Waals surface area contributed by atoms with Gasteiger partial charge in [0.05, 0.1) is 13.2 Å². The average Bonchev–Trinajstić information content (AvgIpc) is 2.55. The highest BCUT2D eigenvalue weighted by molar-refractivity contribution is 5.94. The zero-order valence-electron chi connectivity index (χ0n) is 15.5. The van der Waals surface area contributed by atoms with E-state index in [2.05, 4.69) is 5.32 Å². The third-order valence-electron chi connectivity index (χ3n) is 4.75. The van der Waals surface area contributed by atoms with E-state index in [0.29, 0.717) is 12.0 Å². The minimum absolute atomic E-state index is 0.0624. The van der Waals surface area contributed by atoms with Gasteiger partial charge in [0, 0.05) is 23.6 Å². The van der Waals surface area contributed by atoms with Crippen LogP contribution in [0.5, 0.6) is 11.5 Å². The Labute approximate surface area is 149 Å². The van der Waals surface area contributed by atoms with Gasteiger partial charge in [0.25, 0.3) is 5.91 Å². The molecule has 0 bridgehead atoms. The maximum Gasteiger partial charge on any atom is 0.251 e. The van der Waals surface area contributed by atoms with Gasteiger partial charge in [-0.25, -0.2) is 0 Å². The number of hydrogen-bond acceptors (Lipinski definition) is 3. The highest BCUT2D eigenvalue weighted by Gasteiger charge is 2.35. The molecule has 0 saturated carbocycles. The van der Waals surface area contributed by atoms with Crippen molar-refractivity contribution in [1.82, 2.24) is 5.32 Å². The SMILES string of the molecule is COc1ccc2c(c1)OC(C)(C)C[C@H]2NC(=O)c1ccc(C)c(C)c1. The van der Waals surface area contributed by atoms with Crippen LogP contribution in [0.2, 0.25) is 0 Å². The van der Waals surface area contributed by atoms with Crippen molar-refractivity contribution in [2.75, 3.05) is 7.11 Å². The van der Waals surface area contributed by atoms with Crippen molar-refractivity contribution >= 4 is 5.91 Å². The van der Waals surface area contributed by atoms with E-state index in [4.69, 9.17) is 9.47 Å². The lowest BCUT2D eigenvalue weighted by Crippen LogP contribution is -2.41.